The Labute approximate surface area is 112 Å². The molecule has 2 heterocycles. The van der Waals surface area contributed by atoms with Crippen molar-refractivity contribution in [1.82, 2.24) is 9.88 Å². The molecular weight excluding hydrogens is 240 g/mol. The Kier molecular flexibility index (Phi) is 3.03. The van der Waals surface area contributed by atoms with Gasteiger partial charge >= 0.3 is 0 Å². The second-order valence-electron chi connectivity index (χ2n) is 5.12. The van der Waals surface area contributed by atoms with Gasteiger partial charge in [-0.3, -0.25) is 9.69 Å². The fraction of sp³-hybridized carbons (Fsp3) is 0.400. The first-order valence-corrected chi connectivity index (χ1v) is 6.60. The molecule has 1 aliphatic heterocycles. The number of ketones is 1. The molecule has 1 fully saturated rings. The highest BCUT2D eigenvalue weighted by atomic mass is 16.5. The predicted molar refractivity (Wildman–Crippen MR) is 74.8 cm³/mol. The van der Waals surface area contributed by atoms with Crippen LogP contribution in [0.15, 0.2) is 24.4 Å². The zero-order valence-electron chi connectivity index (χ0n) is 11.3. The summed E-state index contributed by atoms with van der Waals surface area (Å²) < 4.78 is 5.20. The third-order valence-corrected chi connectivity index (χ3v) is 3.98. The second kappa shape index (κ2) is 4.70. The molecule has 0 saturated carbocycles. The number of ether oxygens (including phenoxy) is 1. The van der Waals surface area contributed by atoms with Crippen molar-refractivity contribution in [1.29, 1.82) is 0 Å². The van der Waals surface area contributed by atoms with Crippen LogP contribution in [0, 0.1) is 0 Å². The van der Waals surface area contributed by atoms with E-state index in [0.717, 1.165) is 41.6 Å². The molecule has 100 valence electrons. The lowest BCUT2D eigenvalue weighted by atomic mass is 10.0. The van der Waals surface area contributed by atoms with E-state index in [2.05, 4.69) is 9.88 Å². The molecule has 1 atom stereocenters. The van der Waals surface area contributed by atoms with Crippen molar-refractivity contribution < 1.29 is 9.53 Å². The van der Waals surface area contributed by atoms with Crippen molar-refractivity contribution in [2.75, 3.05) is 20.7 Å². The number of nitrogens with zero attached hydrogens (tertiary/aromatic N) is 1. The van der Waals surface area contributed by atoms with Gasteiger partial charge in [-0.2, -0.15) is 0 Å². The van der Waals surface area contributed by atoms with Crippen LogP contribution in [-0.2, 0) is 0 Å². The minimum absolute atomic E-state index is 0.0288. The molecule has 1 saturated heterocycles. The van der Waals surface area contributed by atoms with E-state index in [1.165, 1.54) is 0 Å². The van der Waals surface area contributed by atoms with E-state index in [-0.39, 0.29) is 11.8 Å². The molecular formula is C15H18N2O2. The van der Waals surface area contributed by atoms with Crippen molar-refractivity contribution in [3.05, 3.63) is 30.0 Å². The normalized spacial score (nSPS) is 20.0. The van der Waals surface area contributed by atoms with Gasteiger partial charge in [0, 0.05) is 28.7 Å². The summed E-state index contributed by atoms with van der Waals surface area (Å²) in [6.07, 6.45) is 3.87. The van der Waals surface area contributed by atoms with Gasteiger partial charge < -0.3 is 9.72 Å². The molecule has 1 aromatic heterocycles. The fourth-order valence-corrected chi connectivity index (χ4v) is 2.86. The molecule has 0 unspecified atom stereocenters. The number of aromatic nitrogens is 1. The van der Waals surface area contributed by atoms with Crippen LogP contribution in [0.5, 0.6) is 5.75 Å². The first kappa shape index (κ1) is 12.2. The molecule has 0 aliphatic carbocycles. The summed E-state index contributed by atoms with van der Waals surface area (Å²) in [4.78, 5) is 17.9. The number of rotatable bonds is 3. The Morgan fingerprint density at radius 1 is 1.47 bits per heavy atom. The Morgan fingerprint density at radius 2 is 2.32 bits per heavy atom. The number of methoxy groups -OCH3 is 1. The van der Waals surface area contributed by atoms with Gasteiger partial charge in [-0.15, -0.1) is 0 Å². The Balaban J connectivity index is 1.99. The maximum atomic E-state index is 12.6. The number of hydrogen-bond acceptors (Lipinski definition) is 3. The Morgan fingerprint density at radius 3 is 3.00 bits per heavy atom. The number of fused-ring (bicyclic) bond motifs is 1. The van der Waals surface area contributed by atoms with Gasteiger partial charge in [-0.1, -0.05) is 0 Å². The lowest BCUT2D eigenvalue weighted by Gasteiger charge is -2.17. The highest BCUT2D eigenvalue weighted by Gasteiger charge is 2.29. The predicted octanol–water partition coefficient (Wildman–Crippen LogP) is 2.45. The van der Waals surface area contributed by atoms with Crippen LogP contribution in [0.25, 0.3) is 10.9 Å². The summed E-state index contributed by atoms with van der Waals surface area (Å²) in [5.74, 6) is 1.02. The SMILES string of the molecule is COc1ccc2c(C(=O)[C@@H]3CCCN3C)c[nH]c2c1. The lowest BCUT2D eigenvalue weighted by Crippen LogP contribution is -2.32. The Bertz CT molecular complexity index is 618. The zero-order valence-corrected chi connectivity index (χ0v) is 11.3. The Hall–Kier alpha value is -1.81. The quantitative estimate of drug-likeness (QED) is 0.860. The number of benzene rings is 1. The molecule has 0 amide bonds. The summed E-state index contributed by atoms with van der Waals surface area (Å²) in [6, 6.07) is 5.80. The first-order chi connectivity index (χ1) is 9.20. The van der Waals surface area contributed by atoms with Crippen LogP contribution in [-0.4, -0.2) is 42.4 Å². The number of Topliss-reactive ketones (excluding diaryl/α,β-unsaturated/α-hetero) is 1. The number of aromatic amines is 1. The van der Waals surface area contributed by atoms with E-state index in [9.17, 15) is 4.79 Å². The highest BCUT2D eigenvalue weighted by molar-refractivity contribution is 6.10. The van der Waals surface area contributed by atoms with Crippen molar-refractivity contribution in [3.8, 4) is 5.75 Å². The summed E-state index contributed by atoms with van der Waals surface area (Å²) in [7, 11) is 3.66. The lowest BCUT2D eigenvalue weighted by molar-refractivity contribution is 0.0892. The van der Waals surface area contributed by atoms with Gasteiger partial charge in [0.05, 0.1) is 13.2 Å². The summed E-state index contributed by atoms with van der Waals surface area (Å²) in [6.45, 7) is 1.01. The smallest absolute Gasteiger partial charge is 0.182 e. The maximum Gasteiger partial charge on any atom is 0.182 e. The van der Waals surface area contributed by atoms with Crippen LogP contribution in [0.4, 0.5) is 0 Å². The molecule has 1 aromatic carbocycles. The summed E-state index contributed by atoms with van der Waals surface area (Å²) in [5, 5.41) is 0.978. The van der Waals surface area contributed by atoms with Gasteiger partial charge in [0.25, 0.3) is 0 Å². The third-order valence-electron chi connectivity index (χ3n) is 3.98. The van der Waals surface area contributed by atoms with E-state index in [0.29, 0.717) is 0 Å². The highest BCUT2D eigenvalue weighted by Crippen LogP contribution is 2.27. The number of H-pyrrole nitrogens is 1. The second-order valence-corrected chi connectivity index (χ2v) is 5.12. The fourth-order valence-electron chi connectivity index (χ4n) is 2.86. The number of likely N-dealkylation sites (tertiary alicyclic amines) is 1. The van der Waals surface area contributed by atoms with Crippen LogP contribution in [0.1, 0.15) is 23.2 Å². The van der Waals surface area contributed by atoms with Crippen molar-refractivity contribution in [2.24, 2.45) is 0 Å². The number of nitrogens with one attached hydrogen (secondary N) is 1. The molecule has 0 radical (unpaired) electrons. The molecule has 1 aliphatic rings. The maximum absolute atomic E-state index is 12.6. The number of likely N-dealkylation sites (N-methyl/N-ethyl adjacent to an activating group) is 1. The zero-order chi connectivity index (χ0) is 13.4. The molecule has 4 nitrogen and oxygen atoms in total. The molecule has 19 heavy (non-hydrogen) atoms. The van der Waals surface area contributed by atoms with Crippen LogP contribution >= 0.6 is 0 Å². The minimum atomic E-state index is 0.0288. The minimum Gasteiger partial charge on any atom is -0.497 e. The van der Waals surface area contributed by atoms with Crippen LogP contribution in [0.2, 0.25) is 0 Å². The molecule has 4 heteroatoms. The van der Waals surface area contributed by atoms with Crippen LogP contribution in [0.3, 0.4) is 0 Å². The van der Waals surface area contributed by atoms with Gasteiger partial charge in [0.2, 0.25) is 0 Å². The van der Waals surface area contributed by atoms with Crippen molar-refractivity contribution in [2.45, 2.75) is 18.9 Å². The van der Waals surface area contributed by atoms with Gasteiger partial charge in [0.1, 0.15) is 5.75 Å². The molecule has 1 N–H and O–H groups in total. The average Bonchev–Trinajstić information content (AvgIpc) is 3.03. The molecule has 3 rings (SSSR count). The number of hydrogen-bond donors (Lipinski definition) is 1. The van der Waals surface area contributed by atoms with Gasteiger partial charge in [0.15, 0.2) is 5.78 Å². The van der Waals surface area contributed by atoms with E-state index in [1.54, 1.807) is 7.11 Å². The van der Waals surface area contributed by atoms with Crippen LogP contribution < -0.4 is 4.74 Å². The number of carbonyl (C=O) groups excluding carboxylic acids is 1. The topological polar surface area (TPSA) is 45.3 Å². The van der Waals surface area contributed by atoms with Gasteiger partial charge in [-0.25, -0.2) is 0 Å². The average molecular weight is 258 g/mol. The van der Waals surface area contributed by atoms with E-state index < -0.39 is 0 Å². The standard InChI is InChI=1S/C15H18N2O2/c1-17-7-3-4-14(17)15(18)12-9-16-13-8-10(19-2)5-6-11(12)13/h5-6,8-9,14,16H,3-4,7H2,1-2H3/t14-/m0/s1. The molecule has 0 spiro atoms. The van der Waals surface area contributed by atoms with Crippen molar-refractivity contribution in [3.63, 3.8) is 0 Å². The monoisotopic (exact) mass is 258 g/mol. The largest absolute Gasteiger partial charge is 0.497 e. The van der Waals surface area contributed by atoms with Crippen molar-refractivity contribution >= 4 is 16.7 Å². The third kappa shape index (κ3) is 2.02. The molecule has 0 bridgehead atoms. The first-order valence-electron chi connectivity index (χ1n) is 6.60. The molecule has 2 aromatic rings. The van der Waals surface area contributed by atoms with E-state index in [1.807, 2.05) is 31.4 Å². The van der Waals surface area contributed by atoms with E-state index >= 15 is 0 Å². The number of carbonyl (C=O) groups is 1. The summed E-state index contributed by atoms with van der Waals surface area (Å²) in [5.41, 5.74) is 1.74. The van der Waals surface area contributed by atoms with E-state index in [4.69, 9.17) is 4.74 Å². The van der Waals surface area contributed by atoms with Gasteiger partial charge in [-0.05, 0) is 38.6 Å². The summed E-state index contributed by atoms with van der Waals surface area (Å²) >= 11 is 0.